The highest BCUT2D eigenvalue weighted by Crippen LogP contribution is 2.23. The van der Waals surface area contributed by atoms with Crippen LogP contribution < -0.4 is 0 Å². The number of nitrogens with zero attached hydrogens (tertiary/aromatic N) is 2. The van der Waals surface area contributed by atoms with Crippen LogP contribution in [-0.4, -0.2) is 11.4 Å². The summed E-state index contributed by atoms with van der Waals surface area (Å²) in [5, 5.41) is 8.03. The molecule has 2 nitrogen and oxygen atoms in total. The molecular formula is C8H7BrN2. The van der Waals surface area contributed by atoms with E-state index in [-0.39, 0.29) is 0 Å². The number of fused-ring (bicyclic) bond motifs is 1. The Morgan fingerprint density at radius 2 is 2.18 bits per heavy atom. The zero-order valence-corrected chi connectivity index (χ0v) is 7.67. The van der Waals surface area contributed by atoms with Crippen LogP contribution in [0.2, 0.25) is 0 Å². The summed E-state index contributed by atoms with van der Waals surface area (Å²) in [6.07, 6.45) is 6.10. The normalized spacial score (nSPS) is 27.5. The van der Waals surface area contributed by atoms with Crippen LogP contribution in [0.25, 0.3) is 0 Å². The van der Waals surface area contributed by atoms with Gasteiger partial charge < -0.3 is 0 Å². The zero-order valence-electron chi connectivity index (χ0n) is 6.08. The Hall–Kier alpha value is -0.700. The maximum absolute atomic E-state index is 4.03. The van der Waals surface area contributed by atoms with Crippen LogP contribution in [-0.2, 0) is 0 Å². The predicted octanol–water partition coefficient (Wildman–Crippen LogP) is 2.28. The van der Waals surface area contributed by atoms with Crippen molar-refractivity contribution in [3.8, 4) is 0 Å². The molecule has 1 unspecified atom stereocenters. The number of allylic oxidation sites excluding steroid dienone is 4. The van der Waals surface area contributed by atoms with E-state index in [1.807, 2.05) is 19.1 Å². The monoisotopic (exact) mass is 210 g/mol. The van der Waals surface area contributed by atoms with Crippen LogP contribution in [0.4, 0.5) is 0 Å². The highest BCUT2D eigenvalue weighted by Gasteiger charge is 2.22. The average molecular weight is 211 g/mol. The van der Waals surface area contributed by atoms with Crippen LogP contribution in [0.3, 0.4) is 0 Å². The Labute approximate surface area is 73.5 Å². The summed E-state index contributed by atoms with van der Waals surface area (Å²) >= 11 is 3.42. The van der Waals surface area contributed by atoms with Gasteiger partial charge in [0.25, 0.3) is 0 Å². The largest absolute Gasteiger partial charge is 0.159 e. The summed E-state index contributed by atoms with van der Waals surface area (Å²) in [5.41, 5.74) is 2.12. The Balaban J connectivity index is 2.39. The second-order valence-corrected chi connectivity index (χ2v) is 3.54. The van der Waals surface area contributed by atoms with Gasteiger partial charge in [0.15, 0.2) is 0 Å². The van der Waals surface area contributed by atoms with Crippen LogP contribution in [0.1, 0.15) is 6.92 Å². The quantitative estimate of drug-likeness (QED) is 0.587. The van der Waals surface area contributed by atoms with E-state index in [1.165, 1.54) is 0 Å². The Morgan fingerprint density at radius 3 is 3.00 bits per heavy atom. The highest BCUT2D eigenvalue weighted by atomic mass is 79.9. The summed E-state index contributed by atoms with van der Waals surface area (Å²) in [7, 11) is 0. The van der Waals surface area contributed by atoms with Crippen LogP contribution in [0.5, 0.6) is 0 Å². The molecule has 3 heteroatoms. The molecule has 0 N–H and O–H groups in total. The van der Waals surface area contributed by atoms with Crippen molar-refractivity contribution in [1.82, 2.24) is 0 Å². The van der Waals surface area contributed by atoms with Crippen molar-refractivity contribution in [1.29, 1.82) is 0 Å². The minimum absolute atomic E-state index is 0.314. The van der Waals surface area contributed by atoms with Crippen molar-refractivity contribution < 1.29 is 0 Å². The van der Waals surface area contributed by atoms with Gasteiger partial charge in [-0.25, -0.2) is 0 Å². The average Bonchev–Trinajstić information content (AvgIpc) is 2.33. The molecule has 0 spiro atoms. The van der Waals surface area contributed by atoms with E-state index < -0.39 is 0 Å². The summed E-state index contributed by atoms with van der Waals surface area (Å²) in [6.45, 7) is 2.00. The van der Waals surface area contributed by atoms with E-state index in [1.54, 1.807) is 0 Å². The van der Waals surface area contributed by atoms with E-state index in [2.05, 4.69) is 32.2 Å². The van der Waals surface area contributed by atoms with Crippen LogP contribution in [0.15, 0.2) is 32.9 Å². The molecule has 56 valence electrons. The first-order valence-electron chi connectivity index (χ1n) is 3.45. The number of hydrogen-bond donors (Lipinski definition) is 0. The molecule has 0 aromatic heterocycles. The van der Waals surface area contributed by atoms with Gasteiger partial charge in [0.05, 0.1) is 17.3 Å². The van der Waals surface area contributed by atoms with Gasteiger partial charge in [-0.15, -0.1) is 0 Å². The molecule has 2 rings (SSSR count). The molecule has 0 amide bonds. The fourth-order valence-electron chi connectivity index (χ4n) is 1.20. The Bertz CT molecular complexity index is 310. The molecule has 0 saturated heterocycles. The van der Waals surface area contributed by atoms with Crippen molar-refractivity contribution in [3.63, 3.8) is 0 Å². The third-order valence-corrected chi connectivity index (χ3v) is 2.36. The van der Waals surface area contributed by atoms with Gasteiger partial charge in [-0.1, -0.05) is 22.0 Å². The van der Waals surface area contributed by atoms with Crippen molar-refractivity contribution >= 4 is 27.4 Å². The molecule has 1 aliphatic heterocycles. The van der Waals surface area contributed by atoms with Gasteiger partial charge in [-0.2, -0.15) is 10.2 Å². The molecule has 0 aromatic rings. The number of rotatable bonds is 0. The molecule has 0 aromatic carbocycles. The predicted molar refractivity (Wildman–Crippen MR) is 50.2 cm³/mol. The molecule has 0 radical (unpaired) electrons. The summed E-state index contributed by atoms with van der Waals surface area (Å²) < 4.78 is 1.11. The van der Waals surface area contributed by atoms with E-state index in [4.69, 9.17) is 0 Å². The van der Waals surface area contributed by atoms with Gasteiger partial charge >= 0.3 is 0 Å². The lowest BCUT2D eigenvalue weighted by Crippen LogP contribution is -2.15. The SMILES string of the molecule is CC1=NN=C2C=CC(Br)=CC12. The van der Waals surface area contributed by atoms with Crippen molar-refractivity contribution in [2.75, 3.05) is 0 Å². The van der Waals surface area contributed by atoms with Gasteiger partial charge in [-0.3, -0.25) is 0 Å². The Morgan fingerprint density at radius 1 is 1.36 bits per heavy atom. The molecule has 2 aliphatic rings. The van der Waals surface area contributed by atoms with Gasteiger partial charge in [0, 0.05) is 4.48 Å². The molecule has 1 heterocycles. The summed E-state index contributed by atoms with van der Waals surface area (Å²) in [4.78, 5) is 0. The third-order valence-electron chi connectivity index (χ3n) is 1.83. The first kappa shape index (κ1) is 6.98. The standard InChI is InChI=1S/C8H7BrN2/c1-5-7-4-6(9)2-3-8(7)11-10-5/h2-4,7H,1H3. The molecule has 1 aliphatic carbocycles. The smallest absolute Gasteiger partial charge is 0.0757 e. The lowest BCUT2D eigenvalue weighted by Gasteiger charge is -2.09. The first-order valence-corrected chi connectivity index (χ1v) is 4.24. The topological polar surface area (TPSA) is 24.7 Å². The fourth-order valence-corrected chi connectivity index (χ4v) is 1.59. The van der Waals surface area contributed by atoms with E-state index in [0.717, 1.165) is 15.9 Å². The van der Waals surface area contributed by atoms with Gasteiger partial charge in [0.2, 0.25) is 0 Å². The lowest BCUT2D eigenvalue weighted by atomic mass is 9.95. The molecule has 11 heavy (non-hydrogen) atoms. The maximum atomic E-state index is 4.03. The zero-order chi connectivity index (χ0) is 7.84. The number of halogens is 1. The van der Waals surface area contributed by atoms with Crippen molar-refractivity contribution in [2.24, 2.45) is 16.1 Å². The van der Waals surface area contributed by atoms with Crippen molar-refractivity contribution in [2.45, 2.75) is 6.92 Å². The summed E-state index contributed by atoms with van der Waals surface area (Å²) in [6, 6.07) is 0. The van der Waals surface area contributed by atoms with E-state index >= 15 is 0 Å². The van der Waals surface area contributed by atoms with Gasteiger partial charge in [0.1, 0.15) is 0 Å². The second-order valence-electron chi connectivity index (χ2n) is 2.63. The maximum Gasteiger partial charge on any atom is 0.0757 e. The first-order chi connectivity index (χ1) is 5.27. The summed E-state index contributed by atoms with van der Waals surface area (Å²) in [5.74, 6) is 0.314. The molecule has 0 saturated carbocycles. The van der Waals surface area contributed by atoms with Crippen LogP contribution in [0, 0.1) is 5.92 Å². The highest BCUT2D eigenvalue weighted by molar-refractivity contribution is 9.11. The molecule has 0 bridgehead atoms. The minimum atomic E-state index is 0.314. The molecule has 1 atom stereocenters. The second kappa shape index (κ2) is 2.41. The van der Waals surface area contributed by atoms with E-state index in [9.17, 15) is 0 Å². The van der Waals surface area contributed by atoms with E-state index in [0.29, 0.717) is 5.92 Å². The lowest BCUT2D eigenvalue weighted by molar-refractivity contribution is 1.22. The number of hydrogen-bond acceptors (Lipinski definition) is 2. The Kier molecular flexibility index (Phi) is 1.53. The van der Waals surface area contributed by atoms with Gasteiger partial charge in [-0.05, 0) is 19.1 Å². The fraction of sp³-hybridized carbons (Fsp3) is 0.250. The molecular weight excluding hydrogens is 204 g/mol. The minimum Gasteiger partial charge on any atom is -0.159 e. The van der Waals surface area contributed by atoms with Crippen molar-refractivity contribution in [3.05, 3.63) is 22.7 Å². The molecule has 0 fully saturated rings. The third kappa shape index (κ3) is 1.09. The van der Waals surface area contributed by atoms with Crippen LogP contribution >= 0.6 is 15.9 Å².